The molecule has 0 spiro atoms. The third kappa shape index (κ3) is 3.19. The quantitative estimate of drug-likeness (QED) is 0.842. The lowest BCUT2D eigenvalue weighted by Crippen LogP contribution is -2.51. The standard InChI is InChI=1S/C23H32N2O/c26-22(23-13-18-10-19(14-23)12-20(11-18)15-23)24-21-6-4-17(5-7-21)16-25-8-2-1-3-9-25/h4-7,18-20H,1-3,8-16H2,(H,24,26). The van der Waals surface area contributed by atoms with E-state index in [1.165, 1.54) is 57.2 Å². The third-order valence-electron chi connectivity index (χ3n) is 7.59. The van der Waals surface area contributed by atoms with Crippen LogP contribution >= 0.6 is 0 Å². The summed E-state index contributed by atoms with van der Waals surface area (Å²) in [6, 6.07) is 8.61. The molecule has 5 aliphatic rings. The van der Waals surface area contributed by atoms with Crippen LogP contribution in [0.1, 0.15) is 63.4 Å². The monoisotopic (exact) mass is 352 g/mol. The number of hydrogen-bond acceptors (Lipinski definition) is 2. The van der Waals surface area contributed by atoms with Crippen LogP contribution in [0.25, 0.3) is 0 Å². The third-order valence-corrected chi connectivity index (χ3v) is 7.59. The van der Waals surface area contributed by atoms with E-state index in [1.807, 2.05) is 0 Å². The minimum atomic E-state index is -0.0543. The minimum absolute atomic E-state index is 0.0543. The summed E-state index contributed by atoms with van der Waals surface area (Å²) < 4.78 is 0. The van der Waals surface area contributed by atoms with Crippen LogP contribution in [0, 0.1) is 23.2 Å². The van der Waals surface area contributed by atoms with Crippen molar-refractivity contribution >= 4 is 11.6 Å². The molecule has 26 heavy (non-hydrogen) atoms. The number of rotatable bonds is 4. The summed E-state index contributed by atoms with van der Waals surface area (Å²) in [7, 11) is 0. The Morgan fingerprint density at radius 2 is 1.50 bits per heavy atom. The van der Waals surface area contributed by atoms with E-state index < -0.39 is 0 Å². The van der Waals surface area contributed by atoms with Gasteiger partial charge in [-0.05, 0) is 99.9 Å². The minimum Gasteiger partial charge on any atom is -0.326 e. The molecule has 0 unspecified atom stereocenters. The van der Waals surface area contributed by atoms with Gasteiger partial charge in [0.1, 0.15) is 0 Å². The topological polar surface area (TPSA) is 32.3 Å². The lowest BCUT2D eigenvalue weighted by atomic mass is 9.49. The van der Waals surface area contributed by atoms with Gasteiger partial charge in [-0.25, -0.2) is 0 Å². The summed E-state index contributed by atoms with van der Waals surface area (Å²) in [4.78, 5) is 15.7. The molecule has 0 aromatic heterocycles. The molecule has 1 aromatic carbocycles. The first-order chi connectivity index (χ1) is 12.7. The predicted octanol–water partition coefficient (Wildman–Crippen LogP) is 4.83. The summed E-state index contributed by atoms with van der Waals surface area (Å²) in [6.07, 6.45) is 11.6. The van der Waals surface area contributed by atoms with Crippen molar-refractivity contribution in [2.24, 2.45) is 23.2 Å². The highest BCUT2D eigenvalue weighted by atomic mass is 16.2. The Hall–Kier alpha value is -1.35. The highest BCUT2D eigenvalue weighted by Crippen LogP contribution is 2.60. The van der Waals surface area contributed by atoms with Gasteiger partial charge in [-0.2, -0.15) is 0 Å². The molecule has 3 nitrogen and oxygen atoms in total. The molecule has 4 aliphatic carbocycles. The van der Waals surface area contributed by atoms with E-state index in [0.29, 0.717) is 5.91 Å². The first kappa shape index (κ1) is 16.8. The summed E-state index contributed by atoms with van der Waals surface area (Å²) in [6.45, 7) is 3.50. The Morgan fingerprint density at radius 3 is 2.08 bits per heavy atom. The number of nitrogens with one attached hydrogen (secondary N) is 1. The second kappa shape index (κ2) is 6.67. The molecule has 1 saturated heterocycles. The number of nitrogens with zero attached hydrogens (tertiary/aromatic N) is 1. The van der Waals surface area contributed by atoms with Gasteiger partial charge in [0.2, 0.25) is 5.91 Å². The lowest BCUT2D eigenvalue weighted by molar-refractivity contribution is -0.140. The van der Waals surface area contributed by atoms with Gasteiger partial charge in [-0.3, -0.25) is 9.69 Å². The fourth-order valence-corrected chi connectivity index (χ4v) is 6.72. The van der Waals surface area contributed by atoms with E-state index in [1.54, 1.807) is 0 Å². The van der Waals surface area contributed by atoms with E-state index in [-0.39, 0.29) is 5.41 Å². The summed E-state index contributed by atoms with van der Waals surface area (Å²) >= 11 is 0. The van der Waals surface area contributed by atoms with Crippen molar-refractivity contribution in [3.8, 4) is 0 Å². The van der Waals surface area contributed by atoms with Crippen molar-refractivity contribution in [3.63, 3.8) is 0 Å². The molecule has 4 bridgehead atoms. The number of carbonyl (C=O) groups is 1. The molecule has 1 aliphatic heterocycles. The van der Waals surface area contributed by atoms with Gasteiger partial charge < -0.3 is 5.32 Å². The average Bonchev–Trinajstić information content (AvgIpc) is 2.63. The van der Waals surface area contributed by atoms with Gasteiger partial charge >= 0.3 is 0 Å². The smallest absolute Gasteiger partial charge is 0.230 e. The van der Waals surface area contributed by atoms with Gasteiger partial charge in [0.05, 0.1) is 5.41 Å². The molecule has 1 heterocycles. The van der Waals surface area contributed by atoms with E-state index in [9.17, 15) is 4.79 Å². The number of likely N-dealkylation sites (tertiary alicyclic amines) is 1. The molecular formula is C23H32N2O. The molecule has 0 atom stereocenters. The number of amides is 1. The van der Waals surface area contributed by atoms with E-state index in [4.69, 9.17) is 0 Å². The maximum atomic E-state index is 13.1. The van der Waals surface area contributed by atoms with Gasteiger partial charge in [-0.1, -0.05) is 18.6 Å². The molecule has 4 saturated carbocycles. The summed E-state index contributed by atoms with van der Waals surface area (Å²) in [5.74, 6) is 2.76. The van der Waals surface area contributed by atoms with Gasteiger partial charge in [-0.15, -0.1) is 0 Å². The van der Waals surface area contributed by atoms with Crippen molar-refractivity contribution in [1.82, 2.24) is 4.90 Å². The highest BCUT2D eigenvalue weighted by Gasteiger charge is 2.54. The maximum absolute atomic E-state index is 13.1. The second-order valence-corrected chi connectivity index (χ2v) is 9.69. The molecule has 5 fully saturated rings. The van der Waals surface area contributed by atoms with Crippen LogP contribution in [-0.4, -0.2) is 23.9 Å². The number of carbonyl (C=O) groups excluding carboxylic acids is 1. The van der Waals surface area contributed by atoms with E-state index in [0.717, 1.165) is 49.2 Å². The van der Waals surface area contributed by atoms with Crippen LogP contribution in [0.2, 0.25) is 0 Å². The van der Waals surface area contributed by atoms with Crippen molar-refractivity contribution in [1.29, 1.82) is 0 Å². The average molecular weight is 353 g/mol. The van der Waals surface area contributed by atoms with Gasteiger partial charge in [0.15, 0.2) is 0 Å². The number of anilines is 1. The molecule has 3 heteroatoms. The molecule has 1 amide bonds. The van der Waals surface area contributed by atoms with Crippen LogP contribution in [0.5, 0.6) is 0 Å². The zero-order valence-corrected chi connectivity index (χ0v) is 15.9. The number of benzene rings is 1. The molecular weight excluding hydrogens is 320 g/mol. The highest BCUT2D eigenvalue weighted by molar-refractivity contribution is 5.95. The van der Waals surface area contributed by atoms with E-state index in [2.05, 4.69) is 34.5 Å². The Morgan fingerprint density at radius 1 is 0.923 bits per heavy atom. The summed E-state index contributed by atoms with van der Waals surface area (Å²) in [5, 5.41) is 3.28. The van der Waals surface area contributed by atoms with Crippen molar-refractivity contribution in [3.05, 3.63) is 29.8 Å². The molecule has 1 aromatic rings. The van der Waals surface area contributed by atoms with Crippen molar-refractivity contribution < 1.29 is 4.79 Å². The first-order valence-corrected chi connectivity index (χ1v) is 10.8. The molecule has 140 valence electrons. The Labute approximate surface area is 157 Å². The van der Waals surface area contributed by atoms with Crippen LogP contribution in [-0.2, 0) is 11.3 Å². The normalized spacial score (nSPS) is 36.2. The second-order valence-electron chi connectivity index (χ2n) is 9.69. The van der Waals surface area contributed by atoms with E-state index >= 15 is 0 Å². The predicted molar refractivity (Wildman–Crippen MR) is 105 cm³/mol. The molecule has 6 rings (SSSR count). The fraction of sp³-hybridized carbons (Fsp3) is 0.696. The molecule has 1 N–H and O–H groups in total. The van der Waals surface area contributed by atoms with Crippen LogP contribution in [0.3, 0.4) is 0 Å². The van der Waals surface area contributed by atoms with Gasteiger partial charge in [0.25, 0.3) is 0 Å². The zero-order chi connectivity index (χ0) is 17.6. The SMILES string of the molecule is O=C(Nc1ccc(CN2CCCCC2)cc1)C12CC3CC(CC(C3)C1)C2. The Bertz CT molecular complexity index is 624. The number of hydrogen-bond donors (Lipinski definition) is 1. The Kier molecular flexibility index (Phi) is 4.31. The summed E-state index contributed by atoms with van der Waals surface area (Å²) in [5.41, 5.74) is 2.29. The largest absolute Gasteiger partial charge is 0.326 e. The van der Waals surface area contributed by atoms with Crippen molar-refractivity contribution in [2.45, 2.75) is 64.3 Å². The van der Waals surface area contributed by atoms with Crippen LogP contribution in [0.15, 0.2) is 24.3 Å². The first-order valence-electron chi connectivity index (χ1n) is 10.8. The lowest BCUT2D eigenvalue weighted by Gasteiger charge is -2.55. The number of piperidine rings is 1. The van der Waals surface area contributed by atoms with Gasteiger partial charge in [0, 0.05) is 12.2 Å². The Balaban J connectivity index is 1.23. The molecule has 0 radical (unpaired) electrons. The van der Waals surface area contributed by atoms with Crippen LogP contribution in [0.4, 0.5) is 5.69 Å². The van der Waals surface area contributed by atoms with Crippen molar-refractivity contribution in [2.75, 3.05) is 18.4 Å². The maximum Gasteiger partial charge on any atom is 0.230 e. The zero-order valence-electron chi connectivity index (χ0n) is 15.9. The van der Waals surface area contributed by atoms with Crippen LogP contribution < -0.4 is 5.32 Å². The fourth-order valence-electron chi connectivity index (χ4n) is 6.72.